The first kappa shape index (κ1) is 38.7. The molecule has 2 N–H and O–H groups in total. The normalized spacial score (nSPS) is 17.7. The van der Waals surface area contributed by atoms with Gasteiger partial charge < -0.3 is 25.2 Å². The first-order valence-electron chi connectivity index (χ1n) is 14.8. The average Bonchev–Trinajstić information content (AvgIpc) is 3.00. The van der Waals surface area contributed by atoms with Gasteiger partial charge in [0.05, 0.1) is 0 Å². The Morgan fingerprint density at radius 1 is 0.870 bits per heavy atom. The molecule has 12 nitrogen and oxygen atoms in total. The van der Waals surface area contributed by atoms with Crippen LogP contribution in [0.1, 0.15) is 57.6 Å². The first-order valence-corrected chi connectivity index (χ1v) is 16.0. The molecule has 0 saturated carbocycles. The van der Waals surface area contributed by atoms with E-state index < -0.39 is 10.8 Å². The van der Waals surface area contributed by atoms with E-state index in [-0.39, 0.29) is 34.7 Å². The van der Waals surface area contributed by atoms with E-state index in [0.717, 1.165) is 67.6 Å². The number of nitrogens with zero attached hydrogens (tertiary/aromatic N) is 6. The standard InChI is InChI=1S/C15H23ClN4O2.C13H17ClN4O.C3H3ClO/c1-10-8-17-13(16)19-12(10)18-11-6-5-7-20(9-11)14(21)22-15(2,3)4;1-3-11(19)18-6-4-5-10(8-18)16-12-9(2)7-15-13(14)17-12;1-2-3(4)5/h8,11H,5-7,9H2,1-4H3,(H,17,18,19);3,7,10H,1,4-6,8H2,2H3,(H,15,16,17);2H,1H2/t11-;10-;/m11./s1. The number of halogens is 3. The van der Waals surface area contributed by atoms with Gasteiger partial charge in [0.15, 0.2) is 0 Å². The molecule has 2 amide bonds. The maximum Gasteiger partial charge on any atom is 0.410 e. The SMILES string of the molecule is C=CC(=O)Cl.C=CC(=O)N1CCC[C@@H](Nc2nc(Cl)ncc2C)C1.Cc1cnc(Cl)nc1N[C@@H]1CCCN(C(=O)OC(C)(C)C)C1. The highest BCUT2D eigenvalue weighted by molar-refractivity contribution is 6.66. The molecule has 4 heterocycles. The molecule has 0 spiro atoms. The zero-order valence-corrected chi connectivity index (χ0v) is 29.3. The van der Waals surface area contributed by atoms with Crippen molar-refractivity contribution in [3.8, 4) is 0 Å². The Morgan fingerprint density at radius 2 is 1.30 bits per heavy atom. The van der Waals surface area contributed by atoms with E-state index >= 15 is 0 Å². The van der Waals surface area contributed by atoms with Crippen LogP contribution in [-0.2, 0) is 14.3 Å². The van der Waals surface area contributed by atoms with Crippen molar-refractivity contribution in [3.05, 3.63) is 59.4 Å². The number of amides is 2. The highest BCUT2D eigenvalue weighted by Crippen LogP contribution is 2.21. The van der Waals surface area contributed by atoms with Crippen LogP contribution in [-0.4, -0.2) is 90.8 Å². The van der Waals surface area contributed by atoms with Crippen LogP contribution in [0.25, 0.3) is 0 Å². The summed E-state index contributed by atoms with van der Waals surface area (Å²) in [6, 6.07) is 0.313. The number of rotatable bonds is 6. The quantitative estimate of drug-likeness (QED) is 0.203. The van der Waals surface area contributed by atoms with Gasteiger partial charge in [-0.1, -0.05) is 13.2 Å². The van der Waals surface area contributed by atoms with Crippen molar-refractivity contribution in [1.29, 1.82) is 0 Å². The third-order valence-electron chi connectivity index (χ3n) is 6.71. The van der Waals surface area contributed by atoms with Crippen LogP contribution in [0.2, 0.25) is 10.6 Å². The number of hydrogen-bond acceptors (Lipinski definition) is 10. The summed E-state index contributed by atoms with van der Waals surface area (Å²) in [5, 5.41) is 6.62. The van der Waals surface area contributed by atoms with Crippen molar-refractivity contribution in [2.75, 3.05) is 36.8 Å². The van der Waals surface area contributed by atoms with E-state index in [4.69, 9.17) is 39.5 Å². The molecular weight excluding hydrogens is 655 g/mol. The van der Waals surface area contributed by atoms with Crippen LogP contribution in [0.15, 0.2) is 37.7 Å². The van der Waals surface area contributed by atoms with Crippen LogP contribution >= 0.6 is 34.8 Å². The molecule has 2 fully saturated rings. The minimum atomic E-state index is -0.509. The van der Waals surface area contributed by atoms with Crippen molar-refractivity contribution in [2.24, 2.45) is 0 Å². The lowest BCUT2D eigenvalue weighted by Crippen LogP contribution is -2.47. The summed E-state index contributed by atoms with van der Waals surface area (Å²) < 4.78 is 5.43. The molecule has 2 aromatic heterocycles. The number of nitrogens with one attached hydrogen (secondary N) is 2. The summed E-state index contributed by atoms with van der Waals surface area (Å²) in [5.41, 5.74) is 1.39. The maximum atomic E-state index is 12.2. The fourth-order valence-corrected chi connectivity index (χ4v) is 4.80. The Balaban J connectivity index is 0.000000281. The average molecular weight is 698 g/mol. The molecule has 2 aliphatic rings. The number of piperidine rings is 2. The molecule has 0 bridgehead atoms. The summed E-state index contributed by atoms with van der Waals surface area (Å²) in [7, 11) is 0. The van der Waals surface area contributed by atoms with Crippen LogP contribution in [0.3, 0.4) is 0 Å². The molecule has 0 aliphatic carbocycles. The molecular formula is C31H43Cl3N8O4. The van der Waals surface area contributed by atoms with Gasteiger partial charge in [-0.3, -0.25) is 9.59 Å². The Hall–Kier alpha value is -3.48. The summed E-state index contributed by atoms with van der Waals surface area (Å²) in [6.07, 6.45) is 9.37. The molecule has 2 saturated heterocycles. The van der Waals surface area contributed by atoms with E-state index in [1.807, 2.05) is 34.6 Å². The highest BCUT2D eigenvalue weighted by Gasteiger charge is 2.28. The number of ether oxygens (including phenoxy) is 1. The highest BCUT2D eigenvalue weighted by atomic mass is 35.5. The van der Waals surface area contributed by atoms with Crippen LogP contribution in [0.5, 0.6) is 0 Å². The van der Waals surface area contributed by atoms with E-state index in [0.29, 0.717) is 13.1 Å². The molecule has 2 aliphatic heterocycles. The number of likely N-dealkylation sites (tertiary alicyclic amines) is 2. The third-order valence-corrected chi connectivity index (χ3v) is 7.23. The summed E-state index contributed by atoms with van der Waals surface area (Å²) >= 11 is 16.3. The number of aryl methyl sites for hydroxylation is 2. The zero-order valence-electron chi connectivity index (χ0n) is 27.0. The Bertz CT molecular complexity index is 1370. The number of allylic oxidation sites excluding steroid dienone is 1. The van der Waals surface area contributed by atoms with Gasteiger partial charge in [0.2, 0.25) is 21.7 Å². The molecule has 2 aromatic rings. The Labute approximate surface area is 286 Å². The van der Waals surface area contributed by atoms with Gasteiger partial charge >= 0.3 is 6.09 Å². The van der Waals surface area contributed by atoms with Crippen molar-refractivity contribution in [3.63, 3.8) is 0 Å². The van der Waals surface area contributed by atoms with Gasteiger partial charge in [-0.25, -0.2) is 24.7 Å². The molecule has 15 heteroatoms. The Morgan fingerprint density at radius 3 is 1.72 bits per heavy atom. The topological polar surface area (TPSA) is 143 Å². The maximum absolute atomic E-state index is 12.2. The van der Waals surface area contributed by atoms with Crippen molar-refractivity contribution >= 4 is 63.7 Å². The number of anilines is 2. The van der Waals surface area contributed by atoms with Crippen LogP contribution in [0, 0.1) is 13.8 Å². The second-order valence-corrected chi connectivity index (χ2v) is 12.8. The van der Waals surface area contributed by atoms with E-state index in [2.05, 4.69) is 43.7 Å². The van der Waals surface area contributed by atoms with Gasteiger partial charge in [-0.2, -0.15) is 0 Å². The fourth-order valence-electron chi connectivity index (χ4n) is 4.53. The Kier molecular flexibility index (Phi) is 15.7. The molecule has 46 heavy (non-hydrogen) atoms. The number of carbonyl (C=O) groups excluding carboxylic acids is 3. The largest absolute Gasteiger partial charge is 0.444 e. The van der Waals surface area contributed by atoms with Crippen LogP contribution < -0.4 is 10.6 Å². The summed E-state index contributed by atoms with van der Waals surface area (Å²) in [4.78, 5) is 53.0. The lowest BCUT2D eigenvalue weighted by Gasteiger charge is -2.34. The second-order valence-electron chi connectivity index (χ2n) is 11.7. The molecule has 0 unspecified atom stereocenters. The fraction of sp³-hybridized carbons (Fsp3) is 0.516. The van der Waals surface area contributed by atoms with Gasteiger partial charge in [-0.15, -0.1) is 0 Å². The smallest absolute Gasteiger partial charge is 0.410 e. The van der Waals surface area contributed by atoms with Crippen molar-refractivity contribution in [2.45, 2.75) is 78.0 Å². The number of carbonyl (C=O) groups is 3. The minimum Gasteiger partial charge on any atom is -0.444 e. The predicted molar refractivity (Wildman–Crippen MR) is 182 cm³/mol. The van der Waals surface area contributed by atoms with Crippen molar-refractivity contribution in [1.82, 2.24) is 29.7 Å². The molecule has 252 valence electrons. The third kappa shape index (κ3) is 13.9. The van der Waals surface area contributed by atoms with Gasteiger partial charge in [0, 0.05) is 61.8 Å². The van der Waals surface area contributed by atoms with Gasteiger partial charge in [0.25, 0.3) is 0 Å². The van der Waals surface area contributed by atoms with E-state index in [1.165, 1.54) is 6.08 Å². The molecule has 4 rings (SSSR count). The predicted octanol–water partition coefficient (Wildman–Crippen LogP) is 6.21. The van der Waals surface area contributed by atoms with Gasteiger partial charge in [0.1, 0.15) is 17.2 Å². The first-order chi connectivity index (χ1) is 21.6. The lowest BCUT2D eigenvalue weighted by molar-refractivity contribution is -0.127. The number of hydrogen-bond donors (Lipinski definition) is 2. The molecule has 0 aromatic carbocycles. The van der Waals surface area contributed by atoms with E-state index in [1.54, 1.807) is 22.2 Å². The lowest BCUT2D eigenvalue weighted by atomic mass is 10.1. The van der Waals surface area contributed by atoms with E-state index in [9.17, 15) is 14.4 Å². The summed E-state index contributed by atoms with van der Waals surface area (Å²) in [6.45, 7) is 18.8. The second kappa shape index (κ2) is 18.6. The van der Waals surface area contributed by atoms with Crippen molar-refractivity contribution < 1.29 is 19.1 Å². The summed E-state index contributed by atoms with van der Waals surface area (Å²) in [5.74, 6) is 1.43. The molecule has 2 atom stereocenters. The number of aromatic nitrogens is 4. The minimum absolute atomic E-state index is 0.0241. The van der Waals surface area contributed by atoms with Gasteiger partial charge in [-0.05, 0) is 107 Å². The molecule has 0 radical (unpaired) electrons. The van der Waals surface area contributed by atoms with Crippen LogP contribution in [0.4, 0.5) is 16.4 Å². The monoisotopic (exact) mass is 696 g/mol. The zero-order chi connectivity index (χ0) is 34.4.